The second kappa shape index (κ2) is 7.87. The van der Waals surface area contributed by atoms with Crippen molar-refractivity contribution in [3.05, 3.63) is 24.3 Å². The van der Waals surface area contributed by atoms with Crippen LogP contribution in [0, 0.1) is 0 Å². The lowest BCUT2D eigenvalue weighted by Gasteiger charge is -2.12. The molecule has 1 aromatic carbocycles. The smallest absolute Gasteiger partial charge is 0.250 e. The minimum absolute atomic E-state index is 0.0670. The first-order chi connectivity index (χ1) is 9.78. The Morgan fingerprint density at radius 2 is 2.40 bits per heavy atom. The van der Waals surface area contributed by atoms with E-state index >= 15 is 0 Å². The van der Waals surface area contributed by atoms with Gasteiger partial charge in [0.1, 0.15) is 19.0 Å². The maximum Gasteiger partial charge on any atom is 0.250 e. The van der Waals surface area contributed by atoms with E-state index in [4.69, 9.17) is 14.2 Å². The fraction of sp³-hybridized carbons (Fsp3) is 0.533. The van der Waals surface area contributed by atoms with Crippen LogP contribution in [0.3, 0.4) is 0 Å². The molecule has 1 heterocycles. The number of rotatable bonds is 7. The summed E-state index contributed by atoms with van der Waals surface area (Å²) in [6.45, 7) is 3.82. The predicted molar refractivity (Wildman–Crippen MR) is 76.0 cm³/mol. The highest BCUT2D eigenvalue weighted by atomic mass is 16.5. The third-order valence-corrected chi connectivity index (χ3v) is 3.01. The standard InChI is InChI=1S/C15H21NO4/c1-2-18-11-15(17)16-12-5-3-6-13(9-12)20-10-14-7-4-8-19-14/h3,5-6,9,14H,2,4,7-8,10-11H2,1H3,(H,16,17). The van der Waals surface area contributed by atoms with Crippen molar-refractivity contribution >= 4 is 11.6 Å². The van der Waals surface area contributed by atoms with Crippen molar-refractivity contribution in [3.8, 4) is 5.75 Å². The number of carbonyl (C=O) groups is 1. The van der Waals surface area contributed by atoms with E-state index in [2.05, 4.69) is 5.32 Å². The first-order valence-corrected chi connectivity index (χ1v) is 7.00. The zero-order valence-corrected chi connectivity index (χ0v) is 11.8. The molecule has 1 aliphatic rings. The van der Waals surface area contributed by atoms with Crippen molar-refractivity contribution in [2.45, 2.75) is 25.9 Å². The van der Waals surface area contributed by atoms with Gasteiger partial charge in [-0.1, -0.05) is 6.07 Å². The van der Waals surface area contributed by atoms with Gasteiger partial charge in [0.05, 0.1) is 6.10 Å². The van der Waals surface area contributed by atoms with Gasteiger partial charge in [0.15, 0.2) is 0 Å². The highest BCUT2D eigenvalue weighted by Gasteiger charge is 2.16. The first kappa shape index (κ1) is 14.8. The third-order valence-electron chi connectivity index (χ3n) is 3.01. The average molecular weight is 279 g/mol. The molecule has 0 aliphatic carbocycles. The van der Waals surface area contributed by atoms with Gasteiger partial charge in [-0.3, -0.25) is 4.79 Å². The van der Waals surface area contributed by atoms with Gasteiger partial charge in [-0.25, -0.2) is 0 Å². The summed E-state index contributed by atoms with van der Waals surface area (Å²) >= 11 is 0. The molecule has 110 valence electrons. The minimum atomic E-state index is -0.164. The van der Waals surface area contributed by atoms with Crippen molar-refractivity contribution in [2.75, 3.05) is 31.7 Å². The van der Waals surface area contributed by atoms with E-state index in [1.165, 1.54) is 0 Å². The van der Waals surface area contributed by atoms with Gasteiger partial charge >= 0.3 is 0 Å². The van der Waals surface area contributed by atoms with Crippen LogP contribution in [0.25, 0.3) is 0 Å². The Hall–Kier alpha value is -1.59. The lowest BCUT2D eigenvalue weighted by Crippen LogP contribution is -2.18. The molecule has 1 aromatic rings. The van der Waals surface area contributed by atoms with Crippen molar-refractivity contribution in [3.63, 3.8) is 0 Å². The Balaban J connectivity index is 1.82. The molecule has 1 unspecified atom stereocenters. The Morgan fingerprint density at radius 1 is 1.50 bits per heavy atom. The number of amides is 1. The molecule has 5 heteroatoms. The van der Waals surface area contributed by atoms with E-state index < -0.39 is 0 Å². The van der Waals surface area contributed by atoms with E-state index in [-0.39, 0.29) is 18.6 Å². The van der Waals surface area contributed by atoms with Gasteiger partial charge in [-0.05, 0) is 31.9 Å². The monoisotopic (exact) mass is 279 g/mol. The molecule has 0 radical (unpaired) electrons. The lowest BCUT2D eigenvalue weighted by molar-refractivity contribution is -0.120. The van der Waals surface area contributed by atoms with Crippen LogP contribution in [0.5, 0.6) is 5.75 Å². The quantitative estimate of drug-likeness (QED) is 0.831. The van der Waals surface area contributed by atoms with E-state index in [1.807, 2.05) is 25.1 Å². The molecule has 1 saturated heterocycles. The molecule has 1 fully saturated rings. The zero-order chi connectivity index (χ0) is 14.2. The number of anilines is 1. The maximum absolute atomic E-state index is 11.6. The maximum atomic E-state index is 11.6. The Morgan fingerprint density at radius 3 is 3.15 bits per heavy atom. The summed E-state index contributed by atoms with van der Waals surface area (Å²) < 4.78 is 16.2. The summed E-state index contributed by atoms with van der Waals surface area (Å²) in [5.74, 6) is 0.567. The molecule has 1 amide bonds. The summed E-state index contributed by atoms with van der Waals surface area (Å²) in [6.07, 6.45) is 2.33. The number of ether oxygens (including phenoxy) is 3. The normalized spacial score (nSPS) is 17.9. The van der Waals surface area contributed by atoms with Crippen LogP contribution in [-0.2, 0) is 14.3 Å². The molecular weight excluding hydrogens is 258 g/mol. The number of hydrogen-bond acceptors (Lipinski definition) is 4. The molecule has 1 N–H and O–H groups in total. The van der Waals surface area contributed by atoms with Crippen molar-refractivity contribution in [1.82, 2.24) is 0 Å². The van der Waals surface area contributed by atoms with Crippen LogP contribution in [-0.4, -0.2) is 38.4 Å². The molecule has 20 heavy (non-hydrogen) atoms. The fourth-order valence-electron chi connectivity index (χ4n) is 2.02. The van der Waals surface area contributed by atoms with Gasteiger partial charge in [0.2, 0.25) is 5.91 Å². The van der Waals surface area contributed by atoms with Crippen LogP contribution in [0.15, 0.2) is 24.3 Å². The van der Waals surface area contributed by atoms with Crippen LogP contribution in [0.4, 0.5) is 5.69 Å². The summed E-state index contributed by atoms with van der Waals surface area (Å²) in [7, 11) is 0. The second-order valence-electron chi connectivity index (χ2n) is 4.66. The number of carbonyl (C=O) groups excluding carboxylic acids is 1. The van der Waals surface area contributed by atoms with E-state index in [0.29, 0.717) is 18.9 Å². The van der Waals surface area contributed by atoms with Crippen molar-refractivity contribution < 1.29 is 19.0 Å². The van der Waals surface area contributed by atoms with Crippen molar-refractivity contribution in [1.29, 1.82) is 0 Å². The Labute approximate surface area is 119 Å². The second-order valence-corrected chi connectivity index (χ2v) is 4.66. The van der Waals surface area contributed by atoms with Gasteiger partial charge in [0, 0.05) is 25.0 Å². The van der Waals surface area contributed by atoms with Crippen molar-refractivity contribution in [2.24, 2.45) is 0 Å². The number of nitrogens with one attached hydrogen (secondary N) is 1. The van der Waals surface area contributed by atoms with Gasteiger partial charge in [-0.15, -0.1) is 0 Å². The lowest BCUT2D eigenvalue weighted by atomic mass is 10.2. The van der Waals surface area contributed by atoms with Crippen LogP contribution < -0.4 is 10.1 Å². The summed E-state index contributed by atoms with van der Waals surface area (Å²) in [6, 6.07) is 7.34. The van der Waals surface area contributed by atoms with E-state index in [1.54, 1.807) is 6.07 Å². The Kier molecular flexibility index (Phi) is 5.83. The molecule has 5 nitrogen and oxygen atoms in total. The minimum Gasteiger partial charge on any atom is -0.491 e. The van der Waals surface area contributed by atoms with E-state index in [9.17, 15) is 4.79 Å². The molecule has 0 bridgehead atoms. The molecule has 0 spiro atoms. The zero-order valence-electron chi connectivity index (χ0n) is 11.8. The van der Waals surface area contributed by atoms with Gasteiger partial charge in [0.25, 0.3) is 0 Å². The Bertz CT molecular complexity index is 430. The average Bonchev–Trinajstić information content (AvgIpc) is 2.97. The molecule has 1 atom stereocenters. The molecule has 0 saturated carbocycles. The number of hydrogen-bond donors (Lipinski definition) is 1. The summed E-state index contributed by atoms with van der Waals surface area (Å²) in [4.78, 5) is 11.6. The highest BCUT2D eigenvalue weighted by Crippen LogP contribution is 2.19. The molecule has 0 aromatic heterocycles. The summed E-state index contributed by atoms with van der Waals surface area (Å²) in [5.41, 5.74) is 0.708. The number of benzene rings is 1. The SMILES string of the molecule is CCOCC(=O)Nc1cccc(OCC2CCCO2)c1. The molecular formula is C15H21NO4. The van der Waals surface area contributed by atoms with Gasteiger partial charge < -0.3 is 19.5 Å². The first-order valence-electron chi connectivity index (χ1n) is 7.00. The summed E-state index contributed by atoms with van der Waals surface area (Å²) in [5, 5.41) is 2.77. The topological polar surface area (TPSA) is 56.8 Å². The molecule has 2 rings (SSSR count). The predicted octanol–water partition coefficient (Wildman–Crippen LogP) is 2.22. The highest BCUT2D eigenvalue weighted by molar-refractivity contribution is 5.91. The van der Waals surface area contributed by atoms with Crippen LogP contribution in [0.1, 0.15) is 19.8 Å². The van der Waals surface area contributed by atoms with Gasteiger partial charge in [-0.2, -0.15) is 0 Å². The molecule has 1 aliphatic heterocycles. The van der Waals surface area contributed by atoms with Crippen LogP contribution >= 0.6 is 0 Å². The third kappa shape index (κ3) is 4.83. The largest absolute Gasteiger partial charge is 0.491 e. The van der Waals surface area contributed by atoms with E-state index in [0.717, 1.165) is 25.2 Å². The fourth-order valence-corrected chi connectivity index (χ4v) is 2.02. The van der Waals surface area contributed by atoms with Crippen LogP contribution in [0.2, 0.25) is 0 Å².